The van der Waals surface area contributed by atoms with E-state index in [-0.39, 0.29) is 46.9 Å². The van der Waals surface area contributed by atoms with Crippen LogP contribution in [0.15, 0.2) is 66.7 Å². The highest BCUT2D eigenvalue weighted by atomic mass is 16.7. The Morgan fingerprint density at radius 2 is 1.54 bits per heavy atom. The number of carbonyl (C=O) groups excluding carboxylic acids is 4. The molecule has 0 spiro atoms. The highest BCUT2D eigenvalue weighted by Crippen LogP contribution is 2.53. The Morgan fingerprint density at radius 3 is 2.20 bits per heavy atom. The minimum absolute atomic E-state index is 0.0235. The van der Waals surface area contributed by atoms with Crippen LogP contribution in [-0.2, 0) is 25.4 Å². The lowest BCUT2D eigenvalue weighted by Crippen LogP contribution is -2.56. The lowest BCUT2D eigenvalue weighted by molar-refractivity contribution is -0.249. The summed E-state index contributed by atoms with van der Waals surface area (Å²) in [5.41, 5.74) is 0.147. The summed E-state index contributed by atoms with van der Waals surface area (Å²) in [6.07, 6.45) is -7.04. The van der Waals surface area contributed by atoms with Gasteiger partial charge in [0.15, 0.2) is 17.9 Å². The number of ether oxygens (including phenoxy) is 4. The standard InChI is InChI=1S/C42H39NO13/c1-19-36(46)27(43-41(51)54-18-26-22-10-5-3-8-20(22)21-9-4-6-11-23(21)26)14-31(55-19)56-29-16-42(52,30(45)17-44)15-25-33(29)40(50)35-34(38(25)48)37(47)24-12-7-13-28(53-2)32(24)39(35)49/h3-13,19,26-27,29,31,36,44,46,48,50,52H,14-18H2,1-2H3,(H,43,51)/t19-,27-,29-,31+,36+,42-/m0/s1. The summed E-state index contributed by atoms with van der Waals surface area (Å²) in [5, 5.41) is 58.6. The normalized spacial score (nSPS) is 25.0. The van der Waals surface area contributed by atoms with Crippen molar-refractivity contribution in [1.82, 2.24) is 5.32 Å². The van der Waals surface area contributed by atoms with E-state index in [1.807, 2.05) is 48.5 Å². The van der Waals surface area contributed by atoms with Gasteiger partial charge in [0.05, 0.1) is 42.0 Å². The fraction of sp³-hybridized carbons (Fsp3) is 0.333. The molecule has 6 N–H and O–H groups in total. The van der Waals surface area contributed by atoms with Crippen molar-refractivity contribution in [1.29, 1.82) is 0 Å². The molecule has 0 aromatic heterocycles. The molecule has 1 saturated heterocycles. The van der Waals surface area contributed by atoms with Crippen LogP contribution in [-0.4, -0.2) is 99.4 Å². The van der Waals surface area contributed by atoms with Crippen molar-refractivity contribution in [2.24, 2.45) is 0 Å². The van der Waals surface area contributed by atoms with Crippen LogP contribution < -0.4 is 10.1 Å². The Labute approximate surface area is 320 Å². The molecule has 1 amide bonds. The van der Waals surface area contributed by atoms with Gasteiger partial charge in [-0.25, -0.2) is 4.79 Å². The number of aliphatic hydroxyl groups excluding tert-OH is 2. The molecule has 14 heteroatoms. The first kappa shape index (κ1) is 37.3. The SMILES string of the molecule is COc1cccc2c1C(=O)c1c(O)c3c(c(O)c1C2=O)C[C@@](O)(C(=O)CO)C[C@@H]3O[C@@H]1C[C@H](NC(=O)OCC2c3ccccc3-c3ccccc32)[C@H](O)[C@H](C)O1. The number of ketones is 3. The summed E-state index contributed by atoms with van der Waals surface area (Å²) in [5.74, 6) is -4.24. The summed E-state index contributed by atoms with van der Waals surface area (Å²) >= 11 is 0. The van der Waals surface area contributed by atoms with E-state index in [1.54, 1.807) is 6.92 Å². The first-order valence-electron chi connectivity index (χ1n) is 18.2. The van der Waals surface area contributed by atoms with E-state index >= 15 is 0 Å². The Balaban J connectivity index is 1.07. The molecule has 1 fully saturated rings. The van der Waals surface area contributed by atoms with Gasteiger partial charge in [0.2, 0.25) is 5.78 Å². The molecular formula is C42H39NO13. The third kappa shape index (κ3) is 5.92. The lowest BCUT2D eigenvalue weighted by atomic mass is 9.72. The zero-order valence-electron chi connectivity index (χ0n) is 30.4. The molecule has 56 heavy (non-hydrogen) atoms. The fourth-order valence-electron chi connectivity index (χ4n) is 8.65. The van der Waals surface area contributed by atoms with Crippen molar-refractivity contribution in [3.05, 3.63) is 111 Å². The first-order chi connectivity index (χ1) is 26.9. The monoisotopic (exact) mass is 765 g/mol. The fourth-order valence-corrected chi connectivity index (χ4v) is 8.65. The molecule has 1 aliphatic heterocycles. The van der Waals surface area contributed by atoms with Gasteiger partial charge < -0.3 is 49.8 Å². The molecule has 0 unspecified atom stereocenters. The van der Waals surface area contributed by atoms with Gasteiger partial charge in [-0.05, 0) is 35.2 Å². The van der Waals surface area contributed by atoms with Crippen LogP contribution in [0.25, 0.3) is 11.1 Å². The molecule has 4 aromatic carbocycles. The van der Waals surface area contributed by atoms with E-state index < -0.39 is 102 Å². The number of alkyl carbamates (subject to hydrolysis) is 1. The van der Waals surface area contributed by atoms with Crippen LogP contribution in [0.2, 0.25) is 0 Å². The van der Waals surface area contributed by atoms with Gasteiger partial charge in [-0.15, -0.1) is 0 Å². The molecule has 290 valence electrons. The van der Waals surface area contributed by atoms with Gasteiger partial charge in [-0.3, -0.25) is 14.4 Å². The first-order valence-corrected chi connectivity index (χ1v) is 18.2. The van der Waals surface area contributed by atoms with Crippen LogP contribution in [0.1, 0.15) is 85.9 Å². The van der Waals surface area contributed by atoms with Crippen molar-refractivity contribution in [3.8, 4) is 28.4 Å². The molecule has 4 aliphatic rings. The molecule has 14 nitrogen and oxygen atoms in total. The van der Waals surface area contributed by atoms with Crippen molar-refractivity contribution in [2.75, 3.05) is 20.3 Å². The van der Waals surface area contributed by atoms with Gasteiger partial charge >= 0.3 is 6.09 Å². The molecule has 6 atom stereocenters. The number of amides is 1. The van der Waals surface area contributed by atoms with Gasteiger partial charge in [0.25, 0.3) is 0 Å². The molecule has 0 saturated carbocycles. The number of carbonyl (C=O) groups is 4. The minimum Gasteiger partial charge on any atom is -0.507 e. The van der Waals surface area contributed by atoms with E-state index in [2.05, 4.69) is 5.32 Å². The van der Waals surface area contributed by atoms with Gasteiger partial charge in [0.1, 0.15) is 42.2 Å². The number of Topliss-reactive ketones (excluding diaryl/α,β-unsaturated/α-hetero) is 1. The van der Waals surface area contributed by atoms with E-state index in [0.717, 1.165) is 22.3 Å². The van der Waals surface area contributed by atoms with Gasteiger partial charge in [-0.1, -0.05) is 60.7 Å². The summed E-state index contributed by atoms with van der Waals surface area (Å²) in [6, 6.07) is 19.1. The predicted octanol–water partition coefficient (Wildman–Crippen LogP) is 3.58. The van der Waals surface area contributed by atoms with E-state index in [4.69, 9.17) is 18.9 Å². The summed E-state index contributed by atoms with van der Waals surface area (Å²) in [4.78, 5) is 54.0. The highest BCUT2D eigenvalue weighted by molar-refractivity contribution is 6.31. The maximum Gasteiger partial charge on any atom is 0.407 e. The van der Waals surface area contributed by atoms with Crippen molar-refractivity contribution >= 4 is 23.4 Å². The third-order valence-corrected chi connectivity index (χ3v) is 11.4. The molecular weight excluding hydrogens is 726 g/mol. The molecule has 3 aliphatic carbocycles. The van der Waals surface area contributed by atoms with Crippen molar-refractivity contribution < 1.29 is 63.7 Å². The average molecular weight is 766 g/mol. The second-order valence-electron chi connectivity index (χ2n) is 14.6. The summed E-state index contributed by atoms with van der Waals surface area (Å²) in [7, 11) is 1.31. The van der Waals surface area contributed by atoms with Crippen LogP contribution in [0.5, 0.6) is 17.2 Å². The zero-order valence-corrected chi connectivity index (χ0v) is 30.4. The molecule has 4 aromatic rings. The number of aromatic hydroxyl groups is 2. The Bertz CT molecular complexity index is 2260. The maximum absolute atomic E-state index is 14.0. The number of nitrogens with one attached hydrogen (secondary N) is 1. The Hall–Kier alpha value is -5.64. The number of aliphatic hydroxyl groups is 3. The van der Waals surface area contributed by atoms with Crippen LogP contribution in [0.3, 0.4) is 0 Å². The second-order valence-corrected chi connectivity index (χ2v) is 14.6. The van der Waals surface area contributed by atoms with Gasteiger partial charge in [-0.2, -0.15) is 0 Å². The number of hydrogen-bond acceptors (Lipinski definition) is 13. The minimum atomic E-state index is -2.34. The van der Waals surface area contributed by atoms with Crippen LogP contribution in [0.4, 0.5) is 4.79 Å². The number of methoxy groups -OCH3 is 1. The van der Waals surface area contributed by atoms with E-state index in [1.165, 1.54) is 25.3 Å². The Kier molecular flexibility index (Phi) is 9.42. The zero-order chi connectivity index (χ0) is 39.6. The number of hydrogen-bond donors (Lipinski definition) is 6. The molecule has 0 bridgehead atoms. The molecule has 0 radical (unpaired) electrons. The van der Waals surface area contributed by atoms with Crippen LogP contribution >= 0.6 is 0 Å². The average Bonchev–Trinajstić information content (AvgIpc) is 3.51. The topological polar surface area (TPSA) is 218 Å². The molecule has 1 heterocycles. The second kappa shape index (κ2) is 14.1. The van der Waals surface area contributed by atoms with Crippen molar-refractivity contribution in [2.45, 2.75) is 68.3 Å². The lowest BCUT2D eigenvalue weighted by Gasteiger charge is -2.42. The smallest absolute Gasteiger partial charge is 0.407 e. The van der Waals surface area contributed by atoms with Crippen molar-refractivity contribution in [3.63, 3.8) is 0 Å². The Morgan fingerprint density at radius 1 is 0.893 bits per heavy atom. The predicted molar refractivity (Wildman–Crippen MR) is 196 cm³/mol. The third-order valence-electron chi connectivity index (χ3n) is 11.4. The number of phenols is 2. The largest absolute Gasteiger partial charge is 0.507 e. The quantitative estimate of drug-likeness (QED) is 0.125. The molecule has 8 rings (SSSR count). The maximum atomic E-state index is 14.0. The summed E-state index contributed by atoms with van der Waals surface area (Å²) in [6.45, 7) is 0.494. The van der Waals surface area contributed by atoms with Gasteiger partial charge in [0, 0.05) is 41.9 Å². The number of phenolic OH excluding ortho intramolecular Hbond substituents is 2. The number of fused-ring (bicyclic) bond motifs is 6. The van der Waals surface area contributed by atoms with E-state index in [9.17, 15) is 44.7 Å². The van der Waals surface area contributed by atoms with Crippen LogP contribution in [0, 0.1) is 0 Å². The number of benzene rings is 4. The summed E-state index contributed by atoms with van der Waals surface area (Å²) < 4.78 is 23.3. The van der Waals surface area contributed by atoms with E-state index in [0.29, 0.717) is 0 Å². The number of rotatable bonds is 8. The highest BCUT2D eigenvalue weighted by Gasteiger charge is 2.50.